The number of halogens is 2. The topological polar surface area (TPSA) is 59.0 Å². The fourth-order valence-corrected chi connectivity index (χ4v) is 4.23. The lowest BCUT2D eigenvalue weighted by Crippen LogP contribution is -2.42. The highest BCUT2D eigenvalue weighted by atomic mass is 35.5. The normalized spacial score (nSPS) is 15.0. The molecule has 2 aromatic heterocycles. The molecule has 1 aliphatic rings. The van der Waals surface area contributed by atoms with Gasteiger partial charge in [-0.15, -0.1) is 23.7 Å². The molecule has 3 aromatic rings. The molecule has 0 atom stereocenters. The Bertz CT molecular complexity index is 915. The predicted molar refractivity (Wildman–Crippen MR) is 104 cm³/mol. The van der Waals surface area contributed by atoms with Crippen LogP contribution in [0.4, 0.5) is 4.39 Å². The van der Waals surface area contributed by atoms with Crippen molar-refractivity contribution < 1.29 is 9.18 Å². The molecule has 0 aliphatic carbocycles. The molecule has 0 bridgehead atoms. The van der Waals surface area contributed by atoms with Crippen molar-refractivity contribution in [1.82, 2.24) is 20.4 Å². The SMILES string of the molecule is Cc1nn(-c2ccc(F)cc2)c2sc(C(=O)NC3CCNCC3)cc12.Cl. The third-order valence-electron chi connectivity index (χ3n) is 4.51. The van der Waals surface area contributed by atoms with Crippen molar-refractivity contribution in [3.8, 4) is 5.69 Å². The van der Waals surface area contributed by atoms with Gasteiger partial charge >= 0.3 is 0 Å². The van der Waals surface area contributed by atoms with E-state index in [0.717, 1.165) is 47.5 Å². The van der Waals surface area contributed by atoms with Crippen molar-refractivity contribution in [2.45, 2.75) is 25.8 Å². The molecule has 1 fully saturated rings. The molecule has 0 spiro atoms. The number of aromatic nitrogens is 2. The Labute approximate surface area is 161 Å². The molecule has 26 heavy (non-hydrogen) atoms. The summed E-state index contributed by atoms with van der Waals surface area (Å²) in [5.41, 5.74) is 1.64. The van der Waals surface area contributed by atoms with Crippen molar-refractivity contribution in [3.63, 3.8) is 0 Å². The van der Waals surface area contributed by atoms with Gasteiger partial charge in [-0.1, -0.05) is 0 Å². The van der Waals surface area contributed by atoms with E-state index >= 15 is 0 Å². The summed E-state index contributed by atoms with van der Waals surface area (Å²) < 4.78 is 14.9. The van der Waals surface area contributed by atoms with Gasteiger partial charge in [-0.05, 0) is 63.2 Å². The van der Waals surface area contributed by atoms with Crippen LogP contribution in [-0.4, -0.2) is 34.8 Å². The van der Waals surface area contributed by atoms with Crippen LogP contribution in [0.3, 0.4) is 0 Å². The zero-order valence-electron chi connectivity index (χ0n) is 14.3. The highest BCUT2D eigenvalue weighted by molar-refractivity contribution is 7.20. The van der Waals surface area contributed by atoms with Gasteiger partial charge in [0.25, 0.3) is 5.91 Å². The van der Waals surface area contributed by atoms with Gasteiger partial charge in [-0.25, -0.2) is 9.07 Å². The Kier molecular flexibility index (Phi) is 5.60. The lowest BCUT2D eigenvalue weighted by molar-refractivity contribution is 0.0934. The van der Waals surface area contributed by atoms with E-state index in [1.807, 2.05) is 13.0 Å². The maximum atomic E-state index is 13.2. The minimum atomic E-state index is -0.280. The van der Waals surface area contributed by atoms with E-state index in [9.17, 15) is 9.18 Å². The Morgan fingerprint density at radius 1 is 1.31 bits per heavy atom. The standard InChI is InChI=1S/C18H19FN4OS.ClH/c1-11-15-10-16(17(24)21-13-6-8-20-9-7-13)25-18(15)23(22-11)14-4-2-12(19)3-5-14;/h2-5,10,13,20H,6-9H2,1H3,(H,21,24);1H. The van der Waals surface area contributed by atoms with Crippen LogP contribution >= 0.6 is 23.7 Å². The number of benzene rings is 1. The number of hydrogen-bond acceptors (Lipinski definition) is 4. The number of nitrogens with zero attached hydrogens (tertiary/aromatic N) is 2. The number of hydrogen-bond donors (Lipinski definition) is 2. The van der Waals surface area contributed by atoms with Gasteiger partial charge in [0.15, 0.2) is 0 Å². The molecule has 1 amide bonds. The number of carbonyl (C=O) groups is 1. The van der Waals surface area contributed by atoms with Gasteiger partial charge in [0.2, 0.25) is 0 Å². The summed E-state index contributed by atoms with van der Waals surface area (Å²) >= 11 is 1.42. The van der Waals surface area contributed by atoms with Crippen LogP contribution in [-0.2, 0) is 0 Å². The summed E-state index contributed by atoms with van der Waals surface area (Å²) in [7, 11) is 0. The Hall–Kier alpha value is -1.96. The number of amides is 1. The van der Waals surface area contributed by atoms with Gasteiger partial charge in [0.1, 0.15) is 10.6 Å². The predicted octanol–water partition coefficient (Wildman–Crippen LogP) is 3.44. The zero-order chi connectivity index (χ0) is 17.4. The van der Waals surface area contributed by atoms with Crippen LogP contribution in [0.1, 0.15) is 28.2 Å². The first kappa shape index (κ1) is 18.8. The maximum Gasteiger partial charge on any atom is 0.261 e. The van der Waals surface area contributed by atoms with Crippen LogP contribution in [0.25, 0.3) is 15.9 Å². The largest absolute Gasteiger partial charge is 0.349 e. The Balaban J connectivity index is 0.00000196. The van der Waals surface area contributed by atoms with Gasteiger partial charge in [-0.2, -0.15) is 5.10 Å². The molecule has 1 saturated heterocycles. The summed E-state index contributed by atoms with van der Waals surface area (Å²) in [6.45, 7) is 3.80. The van der Waals surface area contributed by atoms with Crippen molar-refractivity contribution in [1.29, 1.82) is 0 Å². The highest BCUT2D eigenvalue weighted by Gasteiger charge is 2.20. The van der Waals surface area contributed by atoms with E-state index in [4.69, 9.17) is 0 Å². The van der Waals surface area contributed by atoms with Gasteiger partial charge in [0, 0.05) is 11.4 Å². The average molecular weight is 395 g/mol. The molecule has 0 saturated carbocycles. The Morgan fingerprint density at radius 3 is 2.69 bits per heavy atom. The van der Waals surface area contributed by atoms with E-state index in [1.165, 1.54) is 23.5 Å². The van der Waals surface area contributed by atoms with Crippen LogP contribution in [0.5, 0.6) is 0 Å². The van der Waals surface area contributed by atoms with E-state index in [-0.39, 0.29) is 30.2 Å². The summed E-state index contributed by atoms with van der Waals surface area (Å²) in [4.78, 5) is 14.2. The van der Waals surface area contributed by atoms with Crippen LogP contribution < -0.4 is 10.6 Å². The maximum absolute atomic E-state index is 13.2. The lowest BCUT2D eigenvalue weighted by atomic mass is 10.1. The number of aryl methyl sites for hydroxylation is 1. The molecule has 8 heteroatoms. The Morgan fingerprint density at radius 2 is 2.00 bits per heavy atom. The summed E-state index contributed by atoms with van der Waals surface area (Å²) in [6, 6.07) is 8.34. The smallest absolute Gasteiger partial charge is 0.261 e. The minimum Gasteiger partial charge on any atom is -0.349 e. The van der Waals surface area contributed by atoms with Gasteiger partial charge in [0.05, 0.1) is 16.3 Å². The highest BCUT2D eigenvalue weighted by Crippen LogP contribution is 2.30. The van der Waals surface area contributed by atoms with Crippen molar-refractivity contribution >= 4 is 39.9 Å². The summed E-state index contributed by atoms with van der Waals surface area (Å²) in [5, 5.41) is 11.9. The molecule has 3 heterocycles. The number of nitrogens with one attached hydrogen (secondary N) is 2. The molecule has 1 aromatic carbocycles. The molecule has 4 rings (SSSR count). The number of fused-ring (bicyclic) bond motifs is 1. The molecular formula is C18H20ClFN4OS. The average Bonchev–Trinajstić information content (AvgIpc) is 3.18. The monoisotopic (exact) mass is 394 g/mol. The molecule has 0 unspecified atom stereocenters. The van der Waals surface area contributed by atoms with Gasteiger partial charge in [-0.3, -0.25) is 4.79 Å². The first-order valence-corrected chi connectivity index (χ1v) is 9.20. The summed E-state index contributed by atoms with van der Waals surface area (Å²) in [6.07, 6.45) is 1.91. The third kappa shape index (κ3) is 3.60. The number of carbonyl (C=O) groups excluding carboxylic acids is 1. The van der Waals surface area contributed by atoms with E-state index in [1.54, 1.807) is 16.8 Å². The van der Waals surface area contributed by atoms with E-state index in [0.29, 0.717) is 4.88 Å². The minimum absolute atomic E-state index is 0. The fourth-order valence-electron chi connectivity index (χ4n) is 3.14. The molecule has 2 N–H and O–H groups in total. The van der Waals surface area contributed by atoms with Crippen LogP contribution in [0.15, 0.2) is 30.3 Å². The second-order valence-electron chi connectivity index (χ2n) is 6.30. The van der Waals surface area contributed by atoms with Crippen LogP contribution in [0, 0.1) is 12.7 Å². The first-order valence-electron chi connectivity index (χ1n) is 8.38. The second-order valence-corrected chi connectivity index (χ2v) is 7.33. The zero-order valence-corrected chi connectivity index (χ0v) is 15.9. The van der Waals surface area contributed by atoms with Crippen molar-refractivity contribution in [2.75, 3.05) is 13.1 Å². The number of thiophene rings is 1. The molecule has 1 aliphatic heterocycles. The van der Waals surface area contributed by atoms with Crippen molar-refractivity contribution in [2.24, 2.45) is 0 Å². The molecule has 0 radical (unpaired) electrons. The molecule has 138 valence electrons. The fraction of sp³-hybridized carbons (Fsp3) is 0.333. The quantitative estimate of drug-likeness (QED) is 0.715. The van der Waals surface area contributed by atoms with E-state index < -0.39 is 0 Å². The molecular weight excluding hydrogens is 375 g/mol. The first-order chi connectivity index (χ1) is 12.1. The van der Waals surface area contributed by atoms with Crippen molar-refractivity contribution in [3.05, 3.63) is 46.7 Å². The number of piperidine rings is 1. The van der Waals surface area contributed by atoms with Gasteiger partial charge < -0.3 is 10.6 Å². The summed E-state index contributed by atoms with van der Waals surface area (Å²) in [5.74, 6) is -0.310. The van der Waals surface area contributed by atoms with E-state index in [2.05, 4.69) is 15.7 Å². The lowest BCUT2D eigenvalue weighted by Gasteiger charge is -2.23. The molecule has 5 nitrogen and oxygen atoms in total. The third-order valence-corrected chi connectivity index (χ3v) is 5.62. The van der Waals surface area contributed by atoms with Crippen LogP contribution in [0.2, 0.25) is 0 Å². The second kappa shape index (κ2) is 7.73. The number of rotatable bonds is 3.